The lowest BCUT2D eigenvalue weighted by Gasteiger charge is -2.34. The van der Waals surface area contributed by atoms with Crippen molar-refractivity contribution >= 4 is 5.91 Å². The Labute approximate surface area is 113 Å². The van der Waals surface area contributed by atoms with Crippen molar-refractivity contribution in [2.75, 3.05) is 13.1 Å². The molecule has 4 nitrogen and oxygen atoms in total. The van der Waals surface area contributed by atoms with Gasteiger partial charge in [-0.1, -0.05) is 24.3 Å². The number of benzene rings is 1. The summed E-state index contributed by atoms with van der Waals surface area (Å²) in [6.07, 6.45) is 2.11. The second-order valence-corrected chi connectivity index (χ2v) is 5.49. The summed E-state index contributed by atoms with van der Waals surface area (Å²) in [7, 11) is 0. The van der Waals surface area contributed by atoms with Crippen LogP contribution < -0.4 is 5.32 Å². The number of β-amino-alcohol motifs (C(OH)–C–C–N with tert-alkyl or cyclic N) is 1. The van der Waals surface area contributed by atoms with Crippen molar-refractivity contribution in [2.24, 2.45) is 0 Å². The molecule has 0 radical (unpaired) electrons. The maximum absolute atomic E-state index is 12.5. The highest BCUT2D eigenvalue weighted by Gasteiger charge is 2.30. The fraction of sp³-hybridized carbons (Fsp3) is 0.533. The zero-order chi connectivity index (χ0) is 13.2. The number of rotatable bonds is 1. The summed E-state index contributed by atoms with van der Waals surface area (Å²) in [6, 6.07) is 8.12. The number of aliphatic hydroxyl groups excluding tert-OH is 1. The van der Waals surface area contributed by atoms with Crippen LogP contribution in [0.5, 0.6) is 0 Å². The molecule has 2 N–H and O–H groups in total. The van der Waals surface area contributed by atoms with Gasteiger partial charge in [-0.3, -0.25) is 4.79 Å². The van der Waals surface area contributed by atoms with E-state index >= 15 is 0 Å². The molecule has 2 heterocycles. The number of piperidine rings is 1. The SMILES string of the molecule is O=C([C@@H]1Cc2ccccc2CN1)N1CCC[C@H](O)C1. The number of hydrogen-bond acceptors (Lipinski definition) is 3. The molecule has 102 valence electrons. The summed E-state index contributed by atoms with van der Waals surface area (Å²) in [5.74, 6) is 0.133. The molecule has 2 atom stereocenters. The highest BCUT2D eigenvalue weighted by molar-refractivity contribution is 5.82. The van der Waals surface area contributed by atoms with Crippen LogP contribution in [-0.4, -0.2) is 41.1 Å². The van der Waals surface area contributed by atoms with Crippen LogP contribution >= 0.6 is 0 Å². The van der Waals surface area contributed by atoms with Crippen LogP contribution in [0.3, 0.4) is 0 Å². The topological polar surface area (TPSA) is 52.6 Å². The van der Waals surface area contributed by atoms with E-state index in [0.717, 1.165) is 32.4 Å². The zero-order valence-corrected chi connectivity index (χ0v) is 11.0. The molecule has 2 aliphatic rings. The molecular formula is C15H20N2O2. The third-order valence-electron chi connectivity index (χ3n) is 4.09. The third-order valence-corrected chi connectivity index (χ3v) is 4.09. The lowest BCUT2D eigenvalue weighted by Crippen LogP contribution is -2.52. The van der Waals surface area contributed by atoms with E-state index in [4.69, 9.17) is 0 Å². The van der Waals surface area contributed by atoms with Crippen molar-refractivity contribution in [1.82, 2.24) is 10.2 Å². The fourth-order valence-electron chi connectivity index (χ4n) is 3.00. The third kappa shape index (κ3) is 2.65. The van der Waals surface area contributed by atoms with E-state index in [9.17, 15) is 9.90 Å². The summed E-state index contributed by atoms with van der Waals surface area (Å²) in [6.45, 7) is 2.01. The average Bonchev–Trinajstić information content (AvgIpc) is 2.46. The first-order valence-electron chi connectivity index (χ1n) is 7.01. The van der Waals surface area contributed by atoms with Crippen molar-refractivity contribution in [1.29, 1.82) is 0 Å². The summed E-state index contributed by atoms with van der Waals surface area (Å²) in [5, 5.41) is 13.0. The molecule has 0 spiro atoms. The van der Waals surface area contributed by atoms with Gasteiger partial charge in [0, 0.05) is 19.6 Å². The smallest absolute Gasteiger partial charge is 0.240 e. The Balaban J connectivity index is 1.69. The minimum absolute atomic E-state index is 0.133. The molecule has 0 unspecified atom stereocenters. The van der Waals surface area contributed by atoms with Gasteiger partial charge >= 0.3 is 0 Å². The van der Waals surface area contributed by atoms with Gasteiger partial charge in [-0.25, -0.2) is 0 Å². The van der Waals surface area contributed by atoms with E-state index in [0.29, 0.717) is 6.54 Å². The molecular weight excluding hydrogens is 240 g/mol. The molecule has 1 saturated heterocycles. The number of hydrogen-bond donors (Lipinski definition) is 2. The highest BCUT2D eigenvalue weighted by atomic mass is 16.3. The van der Waals surface area contributed by atoms with E-state index in [1.54, 1.807) is 4.90 Å². The van der Waals surface area contributed by atoms with Crippen molar-refractivity contribution in [3.63, 3.8) is 0 Å². The second-order valence-electron chi connectivity index (χ2n) is 5.49. The molecule has 0 aromatic heterocycles. The number of aliphatic hydroxyl groups is 1. The Morgan fingerprint density at radius 1 is 1.32 bits per heavy atom. The molecule has 0 aliphatic carbocycles. The van der Waals surface area contributed by atoms with Crippen LogP contribution in [0.25, 0.3) is 0 Å². The van der Waals surface area contributed by atoms with Gasteiger partial charge in [0.1, 0.15) is 0 Å². The van der Waals surface area contributed by atoms with Gasteiger partial charge in [0.2, 0.25) is 5.91 Å². The van der Waals surface area contributed by atoms with Gasteiger partial charge < -0.3 is 15.3 Å². The van der Waals surface area contributed by atoms with Crippen molar-refractivity contribution < 1.29 is 9.90 Å². The minimum atomic E-state index is -0.353. The normalized spacial score (nSPS) is 26.9. The molecule has 2 aliphatic heterocycles. The predicted octanol–water partition coefficient (Wildman–Crippen LogP) is 0.684. The first-order valence-corrected chi connectivity index (χ1v) is 7.01. The Morgan fingerprint density at radius 2 is 2.11 bits per heavy atom. The summed E-state index contributed by atoms with van der Waals surface area (Å²) < 4.78 is 0. The Bertz CT molecular complexity index is 475. The van der Waals surface area contributed by atoms with Crippen molar-refractivity contribution in [2.45, 2.75) is 38.0 Å². The maximum atomic E-state index is 12.5. The monoisotopic (exact) mass is 260 g/mol. The summed E-state index contributed by atoms with van der Waals surface area (Å²) >= 11 is 0. The zero-order valence-electron chi connectivity index (χ0n) is 11.0. The fourth-order valence-corrected chi connectivity index (χ4v) is 3.00. The summed E-state index contributed by atoms with van der Waals surface area (Å²) in [4.78, 5) is 14.3. The quantitative estimate of drug-likeness (QED) is 0.781. The van der Waals surface area contributed by atoms with Crippen LogP contribution in [0.1, 0.15) is 24.0 Å². The van der Waals surface area contributed by atoms with Crippen LogP contribution in [0.15, 0.2) is 24.3 Å². The lowest BCUT2D eigenvalue weighted by molar-refractivity contribution is -0.136. The van der Waals surface area contributed by atoms with Crippen LogP contribution in [-0.2, 0) is 17.8 Å². The first-order chi connectivity index (χ1) is 9.24. The van der Waals surface area contributed by atoms with E-state index in [2.05, 4.69) is 17.4 Å². The summed E-state index contributed by atoms with van der Waals surface area (Å²) in [5.41, 5.74) is 2.54. The van der Waals surface area contributed by atoms with E-state index in [1.165, 1.54) is 11.1 Å². The highest BCUT2D eigenvalue weighted by Crippen LogP contribution is 2.19. The standard InChI is InChI=1S/C15H20N2O2/c18-13-6-3-7-17(10-13)15(19)14-8-11-4-1-2-5-12(11)9-16-14/h1-2,4-5,13-14,16,18H,3,6-10H2/t13-,14-/m0/s1. The van der Waals surface area contributed by atoms with Gasteiger partial charge in [0.15, 0.2) is 0 Å². The van der Waals surface area contributed by atoms with Crippen molar-refractivity contribution in [3.05, 3.63) is 35.4 Å². The number of fused-ring (bicyclic) bond motifs is 1. The van der Waals surface area contributed by atoms with E-state index in [-0.39, 0.29) is 18.1 Å². The van der Waals surface area contributed by atoms with Gasteiger partial charge in [0.25, 0.3) is 0 Å². The molecule has 4 heteroatoms. The van der Waals surface area contributed by atoms with Crippen molar-refractivity contribution in [3.8, 4) is 0 Å². The predicted molar refractivity (Wildman–Crippen MR) is 72.6 cm³/mol. The number of nitrogens with zero attached hydrogens (tertiary/aromatic N) is 1. The average molecular weight is 260 g/mol. The molecule has 1 aromatic carbocycles. The Kier molecular flexibility index (Phi) is 3.53. The molecule has 1 amide bonds. The second kappa shape index (κ2) is 5.31. The number of carbonyl (C=O) groups is 1. The van der Waals surface area contributed by atoms with E-state index < -0.39 is 0 Å². The molecule has 0 saturated carbocycles. The largest absolute Gasteiger partial charge is 0.391 e. The van der Waals surface area contributed by atoms with Gasteiger partial charge in [0.05, 0.1) is 12.1 Å². The molecule has 1 aromatic rings. The number of likely N-dealkylation sites (tertiary alicyclic amines) is 1. The molecule has 1 fully saturated rings. The first kappa shape index (κ1) is 12.6. The number of nitrogens with one attached hydrogen (secondary N) is 1. The molecule has 0 bridgehead atoms. The Hall–Kier alpha value is -1.39. The van der Waals surface area contributed by atoms with Gasteiger partial charge in [-0.15, -0.1) is 0 Å². The lowest BCUT2D eigenvalue weighted by atomic mass is 9.94. The van der Waals surface area contributed by atoms with Crippen LogP contribution in [0, 0.1) is 0 Å². The van der Waals surface area contributed by atoms with E-state index in [1.807, 2.05) is 12.1 Å². The molecule has 3 rings (SSSR count). The Morgan fingerprint density at radius 3 is 2.89 bits per heavy atom. The minimum Gasteiger partial charge on any atom is -0.391 e. The van der Waals surface area contributed by atoms with Crippen LogP contribution in [0.4, 0.5) is 0 Å². The number of amides is 1. The molecule has 19 heavy (non-hydrogen) atoms. The van der Waals surface area contributed by atoms with Gasteiger partial charge in [-0.2, -0.15) is 0 Å². The number of carbonyl (C=O) groups excluding carboxylic acids is 1. The van der Waals surface area contributed by atoms with Gasteiger partial charge in [-0.05, 0) is 30.4 Å². The maximum Gasteiger partial charge on any atom is 0.240 e. The van der Waals surface area contributed by atoms with Crippen LogP contribution in [0.2, 0.25) is 0 Å².